The number of hydrogen-bond acceptors (Lipinski definition) is 5. The van der Waals surface area contributed by atoms with Crippen LogP contribution >= 0.6 is 11.6 Å². The van der Waals surface area contributed by atoms with Crippen LogP contribution in [0.5, 0.6) is 0 Å². The normalized spacial score (nSPS) is 16.2. The summed E-state index contributed by atoms with van der Waals surface area (Å²) in [5.74, 6) is 0. The monoisotopic (exact) mass is 306 g/mol. The molecular formula is C15H19ClN4O. The van der Waals surface area contributed by atoms with E-state index in [2.05, 4.69) is 20.4 Å². The first-order valence-corrected chi connectivity index (χ1v) is 7.66. The molecule has 1 aromatic carbocycles. The predicted molar refractivity (Wildman–Crippen MR) is 84.9 cm³/mol. The Morgan fingerprint density at radius 2 is 2.14 bits per heavy atom. The van der Waals surface area contributed by atoms with Gasteiger partial charge in [0.2, 0.25) is 0 Å². The molecule has 0 amide bonds. The summed E-state index contributed by atoms with van der Waals surface area (Å²) in [6.07, 6.45) is 2.85. The Labute approximate surface area is 129 Å². The predicted octanol–water partition coefficient (Wildman–Crippen LogP) is 2.42. The van der Waals surface area contributed by atoms with E-state index >= 15 is 0 Å². The number of fused-ring (bicyclic) bond motifs is 1. The maximum absolute atomic E-state index is 6.14. The Morgan fingerprint density at radius 3 is 3.00 bits per heavy atom. The molecule has 5 nitrogen and oxygen atoms in total. The van der Waals surface area contributed by atoms with Crippen LogP contribution in [0.2, 0.25) is 5.02 Å². The molecule has 112 valence electrons. The second-order valence-corrected chi connectivity index (χ2v) is 5.54. The van der Waals surface area contributed by atoms with Gasteiger partial charge in [-0.3, -0.25) is 4.90 Å². The Bertz CT molecular complexity index is 601. The largest absolute Gasteiger partial charge is 0.383 e. The molecule has 21 heavy (non-hydrogen) atoms. The van der Waals surface area contributed by atoms with Crippen molar-refractivity contribution in [3.05, 3.63) is 29.4 Å². The van der Waals surface area contributed by atoms with Gasteiger partial charge < -0.3 is 10.1 Å². The minimum atomic E-state index is 0.636. The van der Waals surface area contributed by atoms with Gasteiger partial charge in [0.05, 0.1) is 30.1 Å². The zero-order valence-corrected chi connectivity index (χ0v) is 12.6. The van der Waals surface area contributed by atoms with Crippen molar-refractivity contribution in [2.24, 2.45) is 0 Å². The number of nitrogens with zero attached hydrogens (tertiary/aromatic N) is 3. The van der Waals surface area contributed by atoms with Gasteiger partial charge in [-0.2, -0.15) is 5.10 Å². The van der Waals surface area contributed by atoms with Crippen molar-refractivity contribution in [2.45, 2.75) is 6.42 Å². The molecule has 3 rings (SSSR count). The molecule has 0 aliphatic carbocycles. The molecule has 1 N–H and O–H groups in total. The molecule has 1 aromatic heterocycles. The van der Waals surface area contributed by atoms with Crippen molar-refractivity contribution in [2.75, 3.05) is 44.7 Å². The van der Waals surface area contributed by atoms with Gasteiger partial charge in [0.15, 0.2) is 0 Å². The van der Waals surface area contributed by atoms with Crippen molar-refractivity contribution >= 4 is 28.2 Å². The minimum absolute atomic E-state index is 0.636. The number of aromatic nitrogens is 2. The van der Waals surface area contributed by atoms with Crippen molar-refractivity contribution in [1.29, 1.82) is 0 Å². The fourth-order valence-corrected chi connectivity index (χ4v) is 2.75. The standard InChI is InChI=1S/C15H19ClN4O/c16-13-4-1-3-12-14(11-18-19-15(12)13)17-5-2-6-20-7-9-21-10-8-20/h1,3-4,11H,2,5-10H2,(H,17,19). The fourth-order valence-electron chi connectivity index (χ4n) is 2.54. The van der Waals surface area contributed by atoms with E-state index in [1.54, 1.807) is 6.20 Å². The summed E-state index contributed by atoms with van der Waals surface area (Å²) in [7, 11) is 0. The summed E-state index contributed by atoms with van der Waals surface area (Å²) < 4.78 is 5.35. The quantitative estimate of drug-likeness (QED) is 0.860. The van der Waals surface area contributed by atoms with E-state index in [-0.39, 0.29) is 0 Å². The van der Waals surface area contributed by atoms with Crippen LogP contribution in [0, 0.1) is 0 Å². The van der Waals surface area contributed by atoms with Gasteiger partial charge in [-0.25, -0.2) is 0 Å². The van der Waals surface area contributed by atoms with E-state index in [0.29, 0.717) is 5.02 Å². The molecule has 0 bridgehead atoms. The van der Waals surface area contributed by atoms with Gasteiger partial charge in [0.25, 0.3) is 0 Å². The number of hydrogen-bond donors (Lipinski definition) is 1. The van der Waals surface area contributed by atoms with E-state index in [4.69, 9.17) is 16.3 Å². The topological polar surface area (TPSA) is 50.3 Å². The molecule has 0 unspecified atom stereocenters. The second-order valence-electron chi connectivity index (χ2n) is 5.13. The first-order valence-electron chi connectivity index (χ1n) is 7.28. The number of ether oxygens (including phenoxy) is 1. The zero-order valence-electron chi connectivity index (χ0n) is 11.9. The molecule has 0 spiro atoms. The number of benzene rings is 1. The average Bonchev–Trinajstić information content (AvgIpc) is 2.53. The number of morpholine rings is 1. The van der Waals surface area contributed by atoms with Crippen molar-refractivity contribution in [1.82, 2.24) is 15.1 Å². The van der Waals surface area contributed by atoms with Crippen LogP contribution in [0.25, 0.3) is 10.9 Å². The van der Waals surface area contributed by atoms with Gasteiger partial charge in [0, 0.05) is 25.0 Å². The van der Waals surface area contributed by atoms with E-state index in [1.807, 2.05) is 18.2 Å². The summed E-state index contributed by atoms with van der Waals surface area (Å²) in [4.78, 5) is 2.44. The maximum Gasteiger partial charge on any atom is 0.114 e. The lowest BCUT2D eigenvalue weighted by Crippen LogP contribution is -2.37. The molecule has 2 aromatic rings. The summed E-state index contributed by atoms with van der Waals surface area (Å²) in [5.41, 5.74) is 1.74. The lowest BCUT2D eigenvalue weighted by atomic mass is 10.2. The van der Waals surface area contributed by atoms with E-state index < -0.39 is 0 Å². The molecular weight excluding hydrogens is 288 g/mol. The van der Waals surface area contributed by atoms with Crippen molar-refractivity contribution in [3.8, 4) is 0 Å². The lowest BCUT2D eigenvalue weighted by Gasteiger charge is -2.26. The average molecular weight is 307 g/mol. The highest BCUT2D eigenvalue weighted by molar-refractivity contribution is 6.35. The minimum Gasteiger partial charge on any atom is -0.383 e. The summed E-state index contributed by atoms with van der Waals surface area (Å²) >= 11 is 6.14. The molecule has 0 atom stereocenters. The maximum atomic E-state index is 6.14. The van der Waals surface area contributed by atoms with Crippen LogP contribution in [-0.4, -0.2) is 54.5 Å². The lowest BCUT2D eigenvalue weighted by molar-refractivity contribution is 0.0378. The number of halogens is 1. The molecule has 6 heteroatoms. The third-order valence-electron chi connectivity index (χ3n) is 3.69. The first kappa shape index (κ1) is 14.5. The Morgan fingerprint density at radius 1 is 1.29 bits per heavy atom. The van der Waals surface area contributed by atoms with E-state index in [9.17, 15) is 0 Å². The first-order chi connectivity index (χ1) is 10.3. The molecule has 1 aliphatic rings. The fraction of sp³-hybridized carbons (Fsp3) is 0.467. The smallest absolute Gasteiger partial charge is 0.114 e. The van der Waals surface area contributed by atoms with Crippen molar-refractivity contribution in [3.63, 3.8) is 0 Å². The highest BCUT2D eigenvalue weighted by Gasteiger charge is 2.09. The van der Waals surface area contributed by atoms with Crippen LogP contribution in [0.4, 0.5) is 5.69 Å². The Hall–Kier alpha value is -1.43. The number of nitrogens with one attached hydrogen (secondary N) is 1. The third-order valence-corrected chi connectivity index (χ3v) is 4.00. The van der Waals surface area contributed by atoms with Gasteiger partial charge in [-0.15, -0.1) is 5.10 Å². The SMILES string of the molecule is Clc1cccc2c(NCCCN3CCOCC3)cnnc12. The Kier molecular flexibility index (Phi) is 4.85. The molecule has 2 heterocycles. The molecule has 0 saturated carbocycles. The number of rotatable bonds is 5. The van der Waals surface area contributed by atoms with Crippen molar-refractivity contribution < 1.29 is 4.74 Å². The van der Waals surface area contributed by atoms with Gasteiger partial charge in [-0.1, -0.05) is 23.7 Å². The molecule has 1 saturated heterocycles. The van der Waals surface area contributed by atoms with Crippen LogP contribution in [0.1, 0.15) is 6.42 Å². The summed E-state index contributed by atoms with van der Waals surface area (Å²) in [6.45, 7) is 5.78. The summed E-state index contributed by atoms with van der Waals surface area (Å²) in [6, 6.07) is 5.78. The molecule has 0 radical (unpaired) electrons. The van der Waals surface area contributed by atoms with Crippen LogP contribution in [-0.2, 0) is 4.74 Å². The van der Waals surface area contributed by atoms with Gasteiger partial charge in [0.1, 0.15) is 5.52 Å². The van der Waals surface area contributed by atoms with E-state index in [1.165, 1.54) is 0 Å². The third kappa shape index (κ3) is 3.61. The summed E-state index contributed by atoms with van der Waals surface area (Å²) in [5, 5.41) is 13.2. The highest BCUT2D eigenvalue weighted by Crippen LogP contribution is 2.25. The van der Waals surface area contributed by atoms with Gasteiger partial charge >= 0.3 is 0 Å². The highest BCUT2D eigenvalue weighted by atomic mass is 35.5. The van der Waals surface area contributed by atoms with Crippen LogP contribution < -0.4 is 5.32 Å². The van der Waals surface area contributed by atoms with Gasteiger partial charge in [-0.05, 0) is 19.0 Å². The Balaban J connectivity index is 1.57. The second kappa shape index (κ2) is 7.02. The molecule has 1 aliphatic heterocycles. The zero-order chi connectivity index (χ0) is 14.5. The van der Waals surface area contributed by atoms with Crippen LogP contribution in [0.3, 0.4) is 0 Å². The van der Waals surface area contributed by atoms with E-state index in [0.717, 1.165) is 62.4 Å². The number of anilines is 1. The van der Waals surface area contributed by atoms with Crippen LogP contribution in [0.15, 0.2) is 24.4 Å². The molecule has 1 fully saturated rings.